The summed E-state index contributed by atoms with van der Waals surface area (Å²) < 4.78 is 0. The zero-order chi connectivity index (χ0) is 9.68. The van der Waals surface area contributed by atoms with Crippen LogP contribution < -0.4 is 0 Å². The number of halogens is 1. The molecular weight excluding hydrogens is 182 g/mol. The van der Waals surface area contributed by atoms with Crippen molar-refractivity contribution in [3.05, 3.63) is 34.9 Å². The number of nitrogens with zero attached hydrogens (tertiary/aromatic N) is 1. The van der Waals surface area contributed by atoms with Crippen LogP contribution in [0.5, 0.6) is 0 Å². The van der Waals surface area contributed by atoms with Crippen molar-refractivity contribution in [2.45, 2.75) is 6.92 Å². The summed E-state index contributed by atoms with van der Waals surface area (Å²) in [4.78, 5) is 0. The van der Waals surface area contributed by atoms with E-state index in [1.165, 1.54) is 0 Å². The number of nitriles is 1. The standard InChI is InChI=1S/C11H8ClN/c1-9-4-5-10(3-2-6-12)11(7-9)8-13/h4-5,7H,6H2,1H3. The second-order valence-corrected chi connectivity index (χ2v) is 2.86. The maximum Gasteiger partial charge on any atom is 0.100 e. The van der Waals surface area contributed by atoms with Crippen molar-refractivity contribution in [1.29, 1.82) is 5.26 Å². The first kappa shape index (κ1) is 9.65. The summed E-state index contributed by atoms with van der Waals surface area (Å²) in [7, 11) is 0. The molecule has 1 aromatic carbocycles. The van der Waals surface area contributed by atoms with E-state index in [9.17, 15) is 0 Å². The fraction of sp³-hybridized carbons (Fsp3) is 0.182. The first-order valence-corrected chi connectivity index (χ1v) is 4.37. The highest BCUT2D eigenvalue weighted by Crippen LogP contribution is 2.08. The summed E-state index contributed by atoms with van der Waals surface area (Å²) in [5, 5.41) is 8.79. The van der Waals surface area contributed by atoms with Crippen molar-refractivity contribution in [2.75, 3.05) is 5.88 Å². The molecule has 0 saturated heterocycles. The number of hydrogen-bond acceptors (Lipinski definition) is 1. The summed E-state index contributed by atoms with van der Waals surface area (Å²) in [6.07, 6.45) is 0. The van der Waals surface area contributed by atoms with Crippen LogP contribution in [0.2, 0.25) is 0 Å². The van der Waals surface area contributed by atoms with Crippen LogP contribution in [-0.4, -0.2) is 5.88 Å². The highest BCUT2D eigenvalue weighted by atomic mass is 35.5. The normalized spacial score (nSPS) is 8.38. The smallest absolute Gasteiger partial charge is 0.100 e. The van der Waals surface area contributed by atoms with Crippen LogP contribution in [0.4, 0.5) is 0 Å². The van der Waals surface area contributed by atoms with Crippen molar-refractivity contribution in [3.63, 3.8) is 0 Å². The SMILES string of the molecule is Cc1ccc(C#CCCl)c(C#N)c1. The fourth-order valence-electron chi connectivity index (χ4n) is 0.988. The van der Waals surface area contributed by atoms with Gasteiger partial charge in [0, 0.05) is 5.56 Å². The molecule has 1 nitrogen and oxygen atoms in total. The second-order valence-electron chi connectivity index (χ2n) is 2.60. The number of aryl methyl sites for hydroxylation is 1. The van der Waals surface area contributed by atoms with Gasteiger partial charge in [0.2, 0.25) is 0 Å². The van der Waals surface area contributed by atoms with E-state index >= 15 is 0 Å². The third kappa shape index (κ3) is 2.51. The van der Waals surface area contributed by atoms with Crippen molar-refractivity contribution in [3.8, 4) is 17.9 Å². The van der Waals surface area contributed by atoms with Crippen LogP contribution in [0.15, 0.2) is 18.2 Å². The van der Waals surface area contributed by atoms with Gasteiger partial charge in [-0.3, -0.25) is 0 Å². The second kappa shape index (κ2) is 4.55. The molecule has 0 N–H and O–H groups in total. The maximum atomic E-state index is 8.79. The molecule has 13 heavy (non-hydrogen) atoms. The molecule has 0 bridgehead atoms. The van der Waals surface area contributed by atoms with Gasteiger partial charge in [-0.25, -0.2) is 0 Å². The minimum absolute atomic E-state index is 0.290. The summed E-state index contributed by atoms with van der Waals surface area (Å²) in [5.74, 6) is 5.85. The molecule has 64 valence electrons. The van der Waals surface area contributed by atoms with Gasteiger partial charge in [0.05, 0.1) is 11.4 Å². The van der Waals surface area contributed by atoms with Crippen LogP contribution in [0.25, 0.3) is 0 Å². The Balaban J connectivity index is 3.16. The van der Waals surface area contributed by atoms with Crippen LogP contribution in [0.1, 0.15) is 16.7 Å². The number of rotatable bonds is 0. The molecule has 0 atom stereocenters. The first-order valence-electron chi connectivity index (χ1n) is 3.83. The number of hydrogen-bond donors (Lipinski definition) is 0. The Morgan fingerprint density at radius 3 is 2.77 bits per heavy atom. The summed E-state index contributed by atoms with van der Waals surface area (Å²) in [6, 6.07) is 7.69. The molecule has 0 aliphatic heterocycles. The van der Waals surface area contributed by atoms with E-state index in [-0.39, 0.29) is 0 Å². The van der Waals surface area contributed by atoms with Gasteiger partial charge in [0.15, 0.2) is 0 Å². The molecule has 0 spiro atoms. The van der Waals surface area contributed by atoms with E-state index in [4.69, 9.17) is 16.9 Å². The van der Waals surface area contributed by atoms with Crippen molar-refractivity contribution in [1.82, 2.24) is 0 Å². The molecule has 0 radical (unpaired) electrons. The van der Waals surface area contributed by atoms with Crippen LogP contribution in [0.3, 0.4) is 0 Å². The summed E-state index contributed by atoms with van der Waals surface area (Å²) >= 11 is 5.42. The van der Waals surface area contributed by atoms with Gasteiger partial charge in [0.25, 0.3) is 0 Å². The Hall–Kier alpha value is -1.44. The van der Waals surface area contributed by atoms with Gasteiger partial charge in [-0.15, -0.1) is 11.6 Å². The fourth-order valence-corrected chi connectivity index (χ4v) is 1.06. The molecule has 0 saturated carbocycles. The molecular formula is C11H8ClN. The molecule has 0 aliphatic carbocycles. The van der Waals surface area contributed by atoms with Crippen molar-refractivity contribution < 1.29 is 0 Å². The van der Waals surface area contributed by atoms with Crippen LogP contribution in [-0.2, 0) is 0 Å². The van der Waals surface area contributed by atoms with E-state index in [1.54, 1.807) is 0 Å². The predicted octanol–water partition coefficient (Wildman–Crippen LogP) is 2.46. The molecule has 0 amide bonds. The van der Waals surface area contributed by atoms with Gasteiger partial charge in [0.1, 0.15) is 6.07 Å². The average Bonchev–Trinajstić information content (AvgIpc) is 2.16. The van der Waals surface area contributed by atoms with Crippen LogP contribution in [0, 0.1) is 30.1 Å². The predicted molar refractivity (Wildman–Crippen MR) is 53.5 cm³/mol. The largest absolute Gasteiger partial charge is 0.192 e. The van der Waals surface area contributed by atoms with Gasteiger partial charge in [-0.05, 0) is 24.6 Å². The number of alkyl halides is 1. The van der Waals surface area contributed by atoms with Crippen molar-refractivity contribution in [2.24, 2.45) is 0 Å². The summed E-state index contributed by atoms with van der Waals surface area (Å²) in [5.41, 5.74) is 2.42. The van der Waals surface area contributed by atoms with E-state index in [0.717, 1.165) is 11.1 Å². The third-order valence-electron chi connectivity index (χ3n) is 1.59. The minimum atomic E-state index is 0.290. The number of benzene rings is 1. The van der Waals surface area contributed by atoms with Gasteiger partial charge in [-0.2, -0.15) is 5.26 Å². The molecule has 1 rings (SSSR count). The van der Waals surface area contributed by atoms with Gasteiger partial charge >= 0.3 is 0 Å². The van der Waals surface area contributed by atoms with E-state index in [2.05, 4.69) is 17.9 Å². The topological polar surface area (TPSA) is 23.8 Å². The lowest BCUT2D eigenvalue weighted by atomic mass is 10.1. The Bertz CT molecular complexity index is 404. The molecule has 0 aliphatic rings. The van der Waals surface area contributed by atoms with E-state index in [1.807, 2.05) is 25.1 Å². The lowest BCUT2D eigenvalue weighted by molar-refractivity contribution is 1.40. The zero-order valence-electron chi connectivity index (χ0n) is 7.26. The highest BCUT2D eigenvalue weighted by Gasteiger charge is 1.97. The lowest BCUT2D eigenvalue weighted by Gasteiger charge is -1.96. The Morgan fingerprint density at radius 1 is 1.38 bits per heavy atom. The third-order valence-corrected chi connectivity index (χ3v) is 1.72. The average molecular weight is 190 g/mol. The molecule has 0 fully saturated rings. The van der Waals surface area contributed by atoms with Gasteiger partial charge in [-0.1, -0.05) is 17.9 Å². The minimum Gasteiger partial charge on any atom is -0.192 e. The van der Waals surface area contributed by atoms with Gasteiger partial charge < -0.3 is 0 Å². The molecule has 0 aromatic heterocycles. The molecule has 0 heterocycles. The van der Waals surface area contributed by atoms with E-state index in [0.29, 0.717) is 11.4 Å². The lowest BCUT2D eigenvalue weighted by Crippen LogP contribution is -1.84. The summed E-state index contributed by atoms with van der Waals surface area (Å²) in [6.45, 7) is 1.94. The Labute approximate surface area is 83.0 Å². The van der Waals surface area contributed by atoms with Crippen LogP contribution >= 0.6 is 11.6 Å². The monoisotopic (exact) mass is 189 g/mol. The zero-order valence-corrected chi connectivity index (χ0v) is 8.02. The molecule has 0 unspecified atom stereocenters. The quantitative estimate of drug-likeness (QED) is 0.454. The molecule has 1 aromatic rings. The Morgan fingerprint density at radius 2 is 2.15 bits per heavy atom. The highest BCUT2D eigenvalue weighted by molar-refractivity contribution is 6.19. The van der Waals surface area contributed by atoms with Crippen molar-refractivity contribution >= 4 is 11.6 Å². The Kier molecular flexibility index (Phi) is 3.38. The molecule has 2 heteroatoms. The maximum absolute atomic E-state index is 8.79. The first-order chi connectivity index (χ1) is 6.27. The van der Waals surface area contributed by atoms with E-state index < -0.39 is 0 Å².